The Balaban J connectivity index is 0.000000149. The van der Waals surface area contributed by atoms with Crippen molar-refractivity contribution >= 4 is 142 Å². The van der Waals surface area contributed by atoms with Crippen molar-refractivity contribution in [2.45, 2.75) is 51.5 Å². The zero-order valence-corrected chi connectivity index (χ0v) is 68.0. The Morgan fingerprint density at radius 3 is 1.07 bits per heavy atom. The molecule has 0 fully saturated rings. The van der Waals surface area contributed by atoms with E-state index in [9.17, 15) is 57.9 Å². The predicted octanol–water partition coefficient (Wildman–Crippen LogP) is 17.3. The molecular weight excluding hydrogens is 1650 g/mol. The second-order valence-corrected chi connectivity index (χ2v) is 35.6. The van der Waals surface area contributed by atoms with Crippen molar-refractivity contribution in [2.24, 2.45) is 0 Å². The Morgan fingerprint density at radius 1 is 0.427 bits per heavy atom. The molecule has 0 saturated carbocycles. The second-order valence-electron chi connectivity index (χ2n) is 27.1. The standard InChI is InChI=1S/C33H27ClFN3O4S.C32H26FN3O2.C20H17ClFN3O4S.CH2Cl2O2S/c1-37(43(40,41)21-34)30-26-13-8-18-36-29(26)32(42-31(23-9-4-2-5-10-23)24-11-6-3-7-12-24)28-27(30)20-38(33(28)39)19-22-14-16-25(35)17-15-22;1-34-28-25-13-8-18-35-29(25)31(38-30(22-9-4-2-5-10-22)23-11-6-3-7-12-23)27-26(28)20-36(32(27)37)19-21-14-16-24(33)17-15-21;1-24(30(28,29)11-21)18-14-3-2-8-23-17(14)19(26)16-15(18)10-25(20(16)27)9-12-4-6-13(22)7-5-12;2-1-6(3,4)5/h2-18,31H,19-21H2,1H3;2-18,30,34H,19-20H2,1H3;2-8,26H,9-11H2,1H3;1H2. The third-order valence-corrected chi connectivity index (χ3v) is 25.8. The molecule has 3 aliphatic heterocycles. The van der Waals surface area contributed by atoms with Gasteiger partial charge in [-0.25, -0.2) is 38.4 Å². The molecule has 0 atom stereocenters. The largest absolute Gasteiger partial charge is 0.505 e. The third kappa shape index (κ3) is 18.0. The minimum absolute atomic E-state index is 0.00920. The van der Waals surface area contributed by atoms with E-state index in [4.69, 9.17) is 44.3 Å². The molecule has 0 bridgehead atoms. The summed E-state index contributed by atoms with van der Waals surface area (Å²) in [4.78, 5) is 59.6. The first kappa shape index (κ1) is 83.4. The molecule has 117 heavy (non-hydrogen) atoms. The van der Waals surface area contributed by atoms with E-state index in [1.54, 1.807) is 82.9 Å². The smallest absolute Gasteiger partial charge is 0.258 e. The van der Waals surface area contributed by atoms with Gasteiger partial charge >= 0.3 is 0 Å². The molecule has 3 aromatic heterocycles. The number of sulfonamides is 2. The van der Waals surface area contributed by atoms with E-state index in [0.29, 0.717) is 68.6 Å². The molecule has 600 valence electrons. The molecule has 0 unspecified atom stereocenters. The quantitative estimate of drug-likeness (QED) is 0.0472. The third-order valence-electron chi connectivity index (χ3n) is 19.7. The van der Waals surface area contributed by atoms with Crippen molar-refractivity contribution in [2.75, 3.05) is 50.7 Å². The fourth-order valence-corrected chi connectivity index (χ4v) is 16.4. The number of anilines is 3. The maximum atomic E-state index is 14.2. The number of alkyl halides is 3. The van der Waals surface area contributed by atoms with Gasteiger partial charge in [-0.15, -0.1) is 34.8 Å². The lowest BCUT2D eigenvalue weighted by atomic mass is 9.99. The summed E-state index contributed by atoms with van der Waals surface area (Å²) >= 11 is 16.3. The van der Waals surface area contributed by atoms with Crippen LogP contribution in [0, 0.1) is 17.5 Å². The lowest BCUT2D eigenvalue weighted by molar-refractivity contribution is 0.0755. The highest BCUT2D eigenvalue weighted by molar-refractivity contribution is 8.14. The number of fused-ring (bicyclic) bond motifs is 6. The summed E-state index contributed by atoms with van der Waals surface area (Å²) in [7, 11) is -2.02. The van der Waals surface area contributed by atoms with Crippen LogP contribution in [0.1, 0.15) is 98.9 Å². The number of halogens is 7. The van der Waals surface area contributed by atoms with E-state index < -0.39 is 62.8 Å². The summed E-state index contributed by atoms with van der Waals surface area (Å²) < 4.78 is 126. The molecular formula is C86H72Cl4F3N9O12S3. The summed E-state index contributed by atoms with van der Waals surface area (Å²) in [5.74, 6) is -1.58. The number of phenolic OH excluding ortho intramolecular Hbond substituents is 1. The van der Waals surface area contributed by atoms with Crippen molar-refractivity contribution in [3.8, 4) is 17.2 Å². The molecule has 0 radical (unpaired) electrons. The minimum Gasteiger partial charge on any atom is -0.505 e. The van der Waals surface area contributed by atoms with Gasteiger partial charge < -0.3 is 34.6 Å². The number of nitrogens with one attached hydrogen (secondary N) is 1. The number of nitrogens with zero attached hydrogens (tertiary/aromatic N) is 8. The van der Waals surface area contributed by atoms with Gasteiger partial charge in [0.15, 0.2) is 17.2 Å². The summed E-state index contributed by atoms with van der Waals surface area (Å²) in [5.41, 5.74) is 11.0. The van der Waals surface area contributed by atoms with Crippen LogP contribution in [0.3, 0.4) is 0 Å². The number of benzene rings is 10. The van der Waals surface area contributed by atoms with Crippen LogP contribution in [-0.4, -0.2) is 115 Å². The zero-order chi connectivity index (χ0) is 83.0. The fourth-order valence-electron chi connectivity index (χ4n) is 14.3. The number of carbonyl (C=O) groups excluding carboxylic acids is 3. The van der Waals surface area contributed by atoms with Gasteiger partial charge in [0.05, 0.1) is 28.1 Å². The van der Waals surface area contributed by atoms with E-state index in [-0.39, 0.29) is 89.3 Å². The Bertz CT molecular complexity index is 6160. The Kier molecular flexibility index (Phi) is 25.6. The normalized spacial score (nSPS) is 13.0. The van der Waals surface area contributed by atoms with Crippen LogP contribution in [-0.2, 0) is 68.4 Å². The topological polar surface area (TPSA) is 259 Å². The maximum absolute atomic E-state index is 14.2. The van der Waals surface area contributed by atoms with Gasteiger partial charge in [0.1, 0.15) is 61.8 Å². The number of ether oxygens (including phenoxy) is 2. The van der Waals surface area contributed by atoms with Crippen LogP contribution < -0.4 is 23.4 Å². The fraction of sp³-hybridized carbons (Fsp3) is 0.163. The van der Waals surface area contributed by atoms with Gasteiger partial charge in [-0.1, -0.05) is 158 Å². The predicted molar refractivity (Wildman–Crippen MR) is 449 cm³/mol. The summed E-state index contributed by atoms with van der Waals surface area (Å²) in [6.07, 6.45) is 3.72. The van der Waals surface area contributed by atoms with E-state index in [1.165, 1.54) is 61.6 Å². The van der Waals surface area contributed by atoms with Crippen LogP contribution in [0.5, 0.6) is 17.2 Å². The maximum Gasteiger partial charge on any atom is 0.258 e. The zero-order valence-electron chi connectivity index (χ0n) is 62.6. The summed E-state index contributed by atoms with van der Waals surface area (Å²) in [5, 5.41) is 14.1. The van der Waals surface area contributed by atoms with E-state index in [1.807, 2.05) is 141 Å². The van der Waals surface area contributed by atoms with Crippen LogP contribution >= 0.6 is 45.5 Å². The van der Waals surface area contributed by atoms with Gasteiger partial charge in [-0.05, 0) is 112 Å². The molecule has 21 nitrogen and oxygen atoms in total. The van der Waals surface area contributed by atoms with Gasteiger partial charge in [-0.3, -0.25) is 37.9 Å². The molecule has 6 heterocycles. The molecule has 10 aromatic carbocycles. The van der Waals surface area contributed by atoms with E-state index in [0.717, 1.165) is 58.6 Å². The number of pyridine rings is 3. The lowest BCUT2D eigenvalue weighted by Crippen LogP contribution is -2.29. The summed E-state index contributed by atoms with van der Waals surface area (Å²) in [6, 6.07) is 67.8. The average Bonchev–Trinajstić information content (AvgIpc) is 1.64. The number of rotatable bonds is 22. The number of hydrogen-bond acceptors (Lipinski definition) is 16. The highest BCUT2D eigenvalue weighted by atomic mass is 35.7. The van der Waals surface area contributed by atoms with Crippen LogP contribution in [0.25, 0.3) is 32.7 Å². The highest BCUT2D eigenvalue weighted by Crippen LogP contribution is 2.50. The van der Waals surface area contributed by atoms with Gasteiger partial charge in [0.25, 0.3) is 17.7 Å². The SMILES string of the molecule is CN(c1c2c(c(O)c3ncccc13)C(=O)N(Cc1ccc(F)cc1)C2)S(=O)(=O)CCl.CN(c1c2c(c(OC(c3ccccc3)c3ccccc3)c3ncccc13)C(=O)N(Cc1ccc(F)cc1)C2)S(=O)(=O)CCl.CNc1c2c(c(OC(c3ccccc3)c3ccccc3)c3ncccc13)C(=O)N(Cc1ccc(F)cc1)C2.O=S(=O)(Cl)CCl. The van der Waals surface area contributed by atoms with Crippen molar-refractivity contribution in [3.63, 3.8) is 0 Å². The van der Waals surface area contributed by atoms with E-state index >= 15 is 0 Å². The van der Waals surface area contributed by atoms with Crippen LogP contribution in [0.15, 0.2) is 249 Å². The molecule has 13 aromatic rings. The molecule has 3 amide bonds. The number of aromatic nitrogens is 3. The molecule has 0 spiro atoms. The highest BCUT2D eigenvalue weighted by Gasteiger charge is 2.42. The number of aromatic hydroxyl groups is 1. The molecule has 16 rings (SSSR count). The first-order valence-electron chi connectivity index (χ1n) is 36.1. The van der Waals surface area contributed by atoms with Crippen LogP contribution in [0.2, 0.25) is 0 Å². The first-order valence-corrected chi connectivity index (χ1v) is 43.4. The average molecular weight is 1720 g/mol. The van der Waals surface area contributed by atoms with Gasteiger partial charge in [0, 0.05) is 128 Å². The number of carbonyl (C=O) groups is 3. The van der Waals surface area contributed by atoms with Crippen molar-refractivity contribution in [3.05, 3.63) is 339 Å². The van der Waals surface area contributed by atoms with Gasteiger partial charge in [-0.2, -0.15) is 0 Å². The Labute approximate surface area is 692 Å². The molecule has 2 N–H and O–H groups in total. The molecule has 0 aliphatic carbocycles. The lowest BCUT2D eigenvalue weighted by Gasteiger charge is -2.26. The van der Waals surface area contributed by atoms with Crippen molar-refractivity contribution in [1.29, 1.82) is 0 Å². The number of hydrogen-bond donors (Lipinski definition) is 2. The Morgan fingerprint density at radius 2 is 0.726 bits per heavy atom. The van der Waals surface area contributed by atoms with Gasteiger partial charge in [0.2, 0.25) is 29.1 Å². The molecule has 0 saturated heterocycles. The van der Waals surface area contributed by atoms with E-state index in [2.05, 4.69) is 31.0 Å². The molecule has 3 aliphatic rings. The number of amides is 3. The monoisotopic (exact) mass is 1720 g/mol. The summed E-state index contributed by atoms with van der Waals surface area (Å²) in [6.45, 7) is 1.30. The van der Waals surface area contributed by atoms with Crippen molar-refractivity contribution in [1.82, 2.24) is 29.7 Å². The van der Waals surface area contributed by atoms with Crippen molar-refractivity contribution < 1.29 is 67.4 Å². The number of phenols is 1. The minimum atomic E-state index is -3.93. The Hall–Kier alpha value is -11.6. The first-order chi connectivity index (χ1) is 56.2. The molecule has 31 heteroatoms. The van der Waals surface area contributed by atoms with Crippen LogP contribution in [0.4, 0.5) is 30.2 Å². The second kappa shape index (κ2) is 35.9.